The molecule has 0 saturated heterocycles. The molecule has 10 nitrogen and oxygen atoms in total. The average molecular weight is 472 g/mol. The number of amides is 1. The molecule has 1 aliphatic heterocycles. The number of rotatable bonds is 7. The van der Waals surface area contributed by atoms with Gasteiger partial charge in [0.25, 0.3) is 11.8 Å². The maximum absolute atomic E-state index is 12.6. The van der Waals surface area contributed by atoms with Gasteiger partial charge in [-0.25, -0.2) is 4.98 Å². The number of anilines is 3. The lowest BCUT2D eigenvalue weighted by Crippen LogP contribution is -2.49. The lowest BCUT2D eigenvalue weighted by molar-refractivity contribution is 0.0897. The van der Waals surface area contributed by atoms with Crippen LogP contribution in [0.2, 0.25) is 0 Å². The molecule has 1 atom stereocenters. The van der Waals surface area contributed by atoms with Gasteiger partial charge in [0.15, 0.2) is 6.33 Å². The standard InChI is InChI=1S/C25H25N7O3/c1-25(2)11-16-8-9-17(10-18(16)22(34)32-25)29-24-26-12-19(23-27-14-28-35-23)21(31-24)30-20(13-33)15-6-4-3-5-7-15/h3-10,12,14,20,33H,11,13H2,1-2H3,(H,32,34)(H2,26,29,30,31)/t20-/m1/s1. The molecule has 1 amide bonds. The van der Waals surface area contributed by atoms with Crippen molar-refractivity contribution in [3.05, 3.63) is 77.7 Å². The van der Waals surface area contributed by atoms with Crippen molar-refractivity contribution in [2.45, 2.75) is 31.8 Å². The first-order valence-corrected chi connectivity index (χ1v) is 11.2. The van der Waals surface area contributed by atoms with Gasteiger partial charge in [-0.15, -0.1) is 0 Å². The predicted molar refractivity (Wildman–Crippen MR) is 130 cm³/mol. The first kappa shape index (κ1) is 22.5. The lowest BCUT2D eigenvalue weighted by atomic mass is 9.87. The largest absolute Gasteiger partial charge is 0.394 e. The van der Waals surface area contributed by atoms with Crippen molar-refractivity contribution in [3.63, 3.8) is 0 Å². The molecule has 0 bridgehead atoms. The van der Waals surface area contributed by atoms with Crippen LogP contribution in [0, 0.1) is 0 Å². The van der Waals surface area contributed by atoms with Gasteiger partial charge in [-0.3, -0.25) is 4.79 Å². The maximum atomic E-state index is 12.6. The van der Waals surface area contributed by atoms with Crippen molar-refractivity contribution >= 4 is 23.4 Å². The molecule has 0 spiro atoms. The topological polar surface area (TPSA) is 138 Å². The van der Waals surface area contributed by atoms with Crippen molar-refractivity contribution in [2.75, 3.05) is 17.2 Å². The van der Waals surface area contributed by atoms with E-state index in [-0.39, 0.29) is 23.9 Å². The van der Waals surface area contributed by atoms with Crippen LogP contribution < -0.4 is 16.0 Å². The minimum Gasteiger partial charge on any atom is -0.394 e. The number of aromatic nitrogens is 4. The Kier molecular flexibility index (Phi) is 5.87. The van der Waals surface area contributed by atoms with Gasteiger partial charge in [-0.2, -0.15) is 9.97 Å². The number of fused-ring (bicyclic) bond motifs is 1. The van der Waals surface area contributed by atoms with Crippen LogP contribution in [0.25, 0.3) is 11.5 Å². The van der Waals surface area contributed by atoms with Crippen LogP contribution in [0.15, 0.2) is 65.6 Å². The van der Waals surface area contributed by atoms with E-state index in [1.807, 2.05) is 56.3 Å². The Hall–Kier alpha value is -4.31. The third-order valence-corrected chi connectivity index (χ3v) is 5.77. The second-order valence-corrected chi connectivity index (χ2v) is 9.00. The number of aliphatic hydroxyl groups excluding tert-OH is 1. The minimum atomic E-state index is -0.420. The fourth-order valence-corrected chi connectivity index (χ4v) is 4.13. The summed E-state index contributed by atoms with van der Waals surface area (Å²) in [6.07, 6.45) is 3.61. The molecule has 2 aromatic heterocycles. The summed E-state index contributed by atoms with van der Waals surface area (Å²) in [4.78, 5) is 25.7. The molecule has 2 aromatic carbocycles. The Morgan fingerprint density at radius 1 is 1.14 bits per heavy atom. The number of carbonyl (C=O) groups excluding carboxylic acids is 1. The zero-order valence-electron chi connectivity index (χ0n) is 19.3. The molecular formula is C25H25N7O3. The fraction of sp³-hybridized carbons (Fsp3) is 0.240. The first-order valence-electron chi connectivity index (χ1n) is 11.2. The molecule has 3 heterocycles. The van der Waals surface area contributed by atoms with Crippen molar-refractivity contribution in [1.29, 1.82) is 0 Å². The highest BCUT2D eigenvalue weighted by atomic mass is 16.5. The third-order valence-electron chi connectivity index (χ3n) is 5.77. The Balaban J connectivity index is 1.46. The number of benzene rings is 2. The quantitative estimate of drug-likeness (QED) is 0.319. The number of nitrogens with zero attached hydrogens (tertiary/aromatic N) is 4. The molecule has 0 aliphatic carbocycles. The molecule has 0 unspecified atom stereocenters. The highest BCUT2D eigenvalue weighted by Gasteiger charge is 2.30. The molecule has 0 saturated carbocycles. The van der Waals surface area contributed by atoms with Crippen molar-refractivity contribution in [3.8, 4) is 11.5 Å². The molecule has 4 N–H and O–H groups in total. The number of hydrogen-bond acceptors (Lipinski definition) is 9. The minimum absolute atomic E-state index is 0.108. The monoisotopic (exact) mass is 471 g/mol. The van der Waals surface area contributed by atoms with E-state index in [9.17, 15) is 9.90 Å². The van der Waals surface area contributed by atoms with Gasteiger partial charge in [0.1, 0.15) is 11.4 Å². The fourth-order valence-electron chi connectivity index (χ4n) is 4.13. The summed E-state index contributed by atoms with van der Waals surface area (Å²) in [5.41, 5.74) is 3.40. The van der Waals surface area contributed by atoms with Gasteiger partial charge in [0, 0.05) is 23.0 Å². The van der Waals surface area contributed by atoms with E-state index in [1.165, 1.54) is 6.33 Å². The van der Waals surface area contributed by atoms with E-state index in [4.69, 9.17) is 4.52 Å². The maximum Gasteiger partial charge on any atom is 0.262 e. The van der Waals surface area contributed by atoms with Crippen LogP contribution >= 0.6 is 0 Å². The van der Waals surface area contributed by atoms with E-state index in [0.29, 0.717) is 28.6 Å². The Morgan fingerprint density at radius 3 is 2.71 bits per heavy atom. The molecule has 178 valence electrons. The number of nitrogens with one attached hydrogen (secondary N) is 3. The predicted octanol–water partition coefficient (Wildman–Crippen LogP) is 3.48. The molecular weight excluding hydrogens is 446 g/mol. The lowest BCUT2D eigenvalue weighted by Gasteiger charge is -2.32. The Bertz CT molecular complexity index is 1340. The zero-order chi connectivity index (χ0) is 24.4. The first-order chi connectivity index (χ1) is 16.9. The van der Waals surface area contributed by atoms with Crippen LogP contribution in [0.4, 0.5) is 17.5 Å². The smallest absolute Gasteiger partial charge is 0.262 e. The van der Waals surface area contributed by atoms with Crippen molar-refractivity contribution < 1.29 is 14.4 Å². The molecule has 10 heteroatoms. The van der Waals surface area contributed by atoms with Crippen LogP contribution in [-0.4, -0.2) is 43.3 Å². The van der Waals surface area contributed by atoms with Crippen LogP contribution in [0.5, 0.6) is 0 Å². The van der Waals surface area contributed by atoms with Gasteiger partial charge >= 0.3 is 0 Å². The zero-order valence-corrected chi connectivity index (χ0v) is 19.3. The number of hydrogen-bond donors (Lipinski definition) is 4. The SMILES string of the molecule is CC1(C)Cc2ccc(Nc3ncc(-c4ncno4)c(N[C@H](CO)c4ccccc4)n3)cc2C(=O)N1. The summed E-state index contributed by atoms with van der Waals surface area (Å²) in [5.74, 6) is 0.851. The van der Waals surface area contributed by atoms with E-state index >= 15 is 0 Å². The van der Waals surface area contributed by atoms with E-state index in [2.05, 4.69) is 36.1 Å². The highest BCUT2D eigenvalue weighted by molar-refractivity contribution is 5.98. The highest BCUT2D eigenvalue weighted by Crippen LogP contribution is 2.30. The van der Waals surface area contributed by atoms with Gasteiger partial charge in [-0.1, -0.05) is 41.6 Å². The normalized spacial score (nSPS) is 15.1. The summed E-state index contributed by atoms with van der Waals surface area (Å²) in [5, 5.41) is 23.2. The molecule has 1 aliphatic rings. The average Bonchev–Trinajstić information content (AvgIpc) is 3.38. The molecule has 5 rings (SSSR count). The molecule has 35 heavy (non-hydrogen) atoms. The summed E-state index contributed by atoms with van der Waals surface area (Å²) in [6, 6.07) is 14.8. The van der Waals surface area contributed by atoms with Crippen molar-refractivity contribution in [2.24, 2.45) is 0 Å². The second kappa shape index (κ2) is 9.15. The second-order valence-electron chi connectivity index (χ2n) is 9.00. The van der Waals surface area contributed by atoms with Crippen LogP contribution in [0.1, 0.15) is 41.4 Å². The Labute approximate surface area is 201 Å². The molecule has 0 radical (unpaired) electrons. The van der Waals surface area contributed by atoms with Gasteiger partial charge in [0.2, 0.25) is 5.95 Å². The van der Waals surface area contributed by atoms with Gasteiger partial charge in [-0.05, 0) is 43.5 Å². The van der Waals surface area contributed by atoms with E-state index in [1.54, 1.807) is 12.3 Å². The van der Waals surface area contributed by atoms with Gasteiger partial charge in [0.05, 0.1) is 12.6 Å². The third kappa shape index (κ3) is 4.82. The Morgan fingerprint density at radius 2 is 1.97 bits per heavy atom. The number of carbonyl (C=O) groups is 1. The van der Waals surface area contributed by atoms with Crippen molar-refractivity contribution in [1.82, 2.24) is 25.4 Å². The van der Waals surface area contributed by atoms with Crippen LogP contribution in [0.3, 0.4) is 0 Å². The summed E-state index contributed by atoms with van der Waals surface area (Å²) >= 11 is 0. The number of aliphatic hydroxyl groups is 1. The molecule has 0 fully saturated rings. The van der Waals surface area contributed by atoms with E-state index in [0.717, 1.165) is 17.5 Å². The van der Waals surface area contributed by atoms with E-state index < -0.39 is 6.04 Å². The van der Waals surface area contributed by atoms with Gasteiger partial charge < -0.3 is 25.6 Å². The summed E-state index contributed by atoms with van der Waals surface area (Å²) in [6.45, 7) is 3.85. The van der Waals surface area contributed by atoms with Crippen LogP contribution in [-0.2, 0) is 6.42 Å². The molecule has 4 aromatic rings. The summed E-state index contributed by atoms with van der Waals surface area (Å²) in [7, 11) is 0. The summed E-state index contributed by atoms with van der Waals surface area (Å²) < 4.78 is 5.22.